The Morgan fingerprint density at radius 3 is 1.24 bits per heavy atom. The van der Waals surface area contributed by atoms with Gasteiger partial charge in [0.05, 0.1) is 28.9 Å². The standard InChI is InChI=1S/C53H38N6/c1-33-6-14-39(15-7-33)58(40-16-8-34(2)9-17-40)43-22-24-45-46-25-23-44(59(41-18-10-35(3)11-19-41)42-20-12-36(4)13-21-42)29-48(46)53(47(45)28-43)49-26-37(30-54)31-56-51(49)52-50(53)27-38(55-5)32-57-52/h6-29,31-32H,1-4H3. The lowest BCUT2D eigenvalue weighted by atomic mass is 9.70. The average Bonchev–Trinajstić information content (AvgIpc) is 3.72. The minimum Gasteiger partial charge on any atom is -0.310 e. The van der Waals surface area contributed by atoms with E-state index in [2.05, 4.69) is 182 Å². The fraction of sp³-hybridized carbons (Fsp3) is 0.0943. The molecule has 2 aromatic heterocycles. The van der Waals surface area contributed by atoms with Gasteiger partial charge in [0.2, 0.25) is 5.69 Å². The maximum Gasteiger partial charge on any atom is 0.205 e. The van der Waals surface area contributed by atoms with Crippen LogP contribution in [0.25, 0.3) is 27.4 Å². The van der Waals surface area contributed by atoms with E-state index in [1.165, 1.54) is 22.3 Å². The van der Waals surface area contributed by atoms with Crippen LogP contribution in [0, 0.1) is 45.6 Å². The van der Waals surface area contributed by atoms with Gasteiger partial charge in [-0.3, -0.25) is 9.97 Å². The molecule has 10 rings (SSSR count). The Balaban J connectivity index is 1.29. The summed E-state index contributed by atoms with van der Waals surface area (Å²) in [5.41, 5.74) is 18.3. The quantitative estimate of drug-likeness (QED) is 0.158. The van der Waals surface area contributed by atoms with E-state index in [1.807, 2.05) is 12.1 Å². The molecule has 0 amide bonds. The number of benzene rings is 6. The SMILES string of the molecule is [C-]#[N+]c1cnc2c(c1)C1(c3cc(N(c4ccc(C)cc4)c4ccc(C)cc4)ccc3-c3ccc(N(c4ccc(C)cc4)c4ccc(C)cc4)cc31)c1cc(C#N)cnc1-2. The van der Waals surface area contributed by atoms with Gasteiger partial charge in [0.25, 0.3) is 0 Å². The van der Waals surface area contributed by atoms with Crippen molar-refractivity contribution in [2.24, 2.45) is 0 Å². The second kappa shape index (κ2) is 13.7. The van der Waals surface area contributed by atoms with E-state index < -0.39 is 5.41 Å². The number of hydrogen-bond acceptors (Lipinski definition) is 5. The summed E-state index contributed by atoms with van der Waals surface area (Å²) in [5, 5.41) is 10.3. The van der Waals surface area contributed by atoms with Crippen LogP contribution in [-0.2, 0) is 5.41 Å². The summed E-state index contributed by atoms with van der Waals surface area (Å²) >= 11 is 0. The molecule has 6 nitrogen and oxygen atoms in total. The first kappa shape index (κ1) is 35.6. The van der Waals surface area contributed by atoms with E-state index in [0.29, 0.717) is 22.6 Å². The van der Waals surface area contributed by atoms with Crippen LogP contribution in [0.4, 0.5) is 39.8 Å². The Labute approximate surface area is 344 Å². The Kier molecular flexibility index (Phi) is 8.26. The molecule has 0 saturated carbocycles. The highest BCUT2D eigenvalue weighted by Crippen LogP contribution is 2.64. The normalized spacial score (nSPS) is 12.5. The molecule has 0 radical (unpaired) electrons. The van der Waals surface area contributed by atoms with E-state index >= 15 is 0 Å². The van der Waals surface area contributed by atoms with Crippen LogP contribution in [0.3, 0.4) is 0 Å². The van der Waals surface area contributed by atoms with Crippen molar-refractivity contribution in [2.75, 3.05) is 9.80 Å². The Morgan fingerprint density at radius 2 is 0.847 bits per heavy atom. The van der Waals surface area contributed by atoms with Crippen molar-refractivity contribution in [3.8, 4) is 28.6 Å². The first-order valence-electron chi connectivity index (χ1n) is 19.7. The summed E-state index contributed by atoms with van der Waals surface area (Å²) in [5.74, 6) is 0. The average molecular weight is 759 g/mol. The molecule has 0 saturated heterocycles. The predicted octanol–water partition coefficient (Wildman–Crippen LogP) is 13.4. The van der Waals surface area contributed by atoms with E-state index in [9.17, 15) is 5.26 Å². The summed E-state index contributed by atoms with van der Waals surface area (Å²) in [6.45, 7) is 16.5. The summed E-state index contributed by atoms with van der Waals surface area (Å²) in [7, 11) is 0. The fourth-order valence-corrected chi connectivity index (χ4v) is 8.96. The van der Waals surface area contributed by atoms with Crippen LogP contribution >= 0.6 is 0 Å². The zero-order valence-corrected chi connectivity index (χ0v) is 33.2. The first-order valence-corrected chi connectivity index (χ1v) is 19.7. The molecule has 0 bridgehead atoms. The number of rotatable bonds is 6. The molecule has 0 fully saturated rings. The second-order valence-corrected chi connectivity index (χ2v) is 15.7. The molecule has 59 heavy (non-hydrogen) atoms. The largest absolute Gasteiger partial charge is 0.310 e. The summed E-state index contributed by atoms with van der Waals surface area (Å²) in [4.78, 5) is 18.4. The summed E-state index contributed by atoms with van der Waals surface area (Å²) in [6.07, 6.45) is 3.26. The molecule has 0 unspecified atom stereocenters. The van der Waals surface area contributed by atoms with Gasteiger partial charge in [-0.25, -0.2) is 4.85 Å². The van der Waals surface area contributed by atoms with E-state index in [0.717, 1.165) is 67.5 Å². The lowest BCUT2D eigenvalue weighted by Crippen LogP contribution is -2.27. The van der Waals surface area contributed by atoms with E-state index in [1.54, 1.807) is 12.4 Å². The van der Waals surface area contributed by atoms with E-state index in [4.69, 9.17) is 16.5 Å². The zero-order valence-electron chi connectivity index (χ0n) is 33.2. The fourth-order valence-electron chi connectivity index (χ4n) is 8.96. The van der Waals surface area contributed by atoms with Gasteiger partial charge in [-0.15, -0.1) is 0 Å². The molecule has 280 valence electrons. The molecule has 6 heteroatoms. The molecular formula is C53H38N6. The predicted molar refractivity (Wildman–Crippen MR) is 238 cm³/mol. The van der Waals surface area contributed by atoms with Gasteiger partial charge >= 0.3 is 0 Å². The molecule has 0 N–H and O–H groups in total. The van der Waals surface area contributed by atoms with Gasteiger partial charge in [-0.05, 0) is 140 Å². The minimum absolute atomic E-state index is 0.445. The molecule has 2 heterocycles. The van der Waals surface area contributed by atoms with Crippen molar-refractivity contribution in [1.82, 2.24) is 9.97 Å². The Hall–Kier alpha value is -7.80. The van der Waals surface area contributed by atoms with Crippen LogP contribution in [0.15, 0.2) is 158 Å². The van der Waals surface area contributed by atoms with Gasteiger partial charge in [0.15, 0.2) is 0 Å². The van der Waals surface area contributed by atoms with Crippen molar-refractivity contribution < 1.29 is 0 Å². The van der Waals surface area contributed by atoms with Crippen LogP contribution in [0.2, 0.25) is 0 Å². The monoisotopic (exact) mass is 758 g/mol. The van der Waals surface area contributed by atoms with Gasteiger partial charge in [0, 0.05) is 52.1 Å². The molecular weight excluding hydrogens is 721 g/mol. The summed E-state index contributed by atoms with van der Waals surface area (Å²) in [6, 6.07) is 54.3. The highest BCUT2D eigenvalue weighted by atomic mass is 15.1. The van der Waals surface area contributed by atoms with Crippen molar-refractivity contribution >= 4 is 39.8 Å². The molecule has 1 spiro atoms. The number of anilines is 6. The number of nitrogens with zero attached hydrogens (tertiary/aromatic N) is 6. The number of hydrogen-bond donors (Lipinski definition) is 0. The summed E-state index contributed by atoms with van der Waals surface area (Å²) < 4.78 is 0. The number of pyridine rings is 2. The van der Waals surface area contributed by atoms with Crippen molar-refractivity contribution in [3.05, 3.63) is 219 Å². The molecule has 2 aliphatic rings. The van der Waals surface area contributed by atoms with Gasteiger partial charge < -0.3 is 9.80 Å². The lowest BCUT2D eigenvalue weighted by molar-refractivity contribution is 0.789. The number of aromatic nitrogens is 2. The third-order valence-electron chi connectivity index (χ3n) is 11.8. The van der Waals surface area contributed by atoms with Crippen molar-refractivity contribution in [2.45, 2.75) is 33.1 Å². The first-order chi connectivity index (χ1) is 28.8. The minimum atomic E-state index is -0.951. The van der Waals surface area contributed by atoms with Crippen LogP contribution < -0.4 is 9.80 Å². The number of aryl methyl sites for hydroxylation is 4. The van der Waals surface area contributed by atoms with Gasteiger partial charge in [0.1, 0.15) is 6.07 Å². The third-order valence-corrected chi connectivity index (χ3v) is 11.8. The Bertz CT molecular complexity index is 2740. The Morgan fingerprint density at radius 1 is 0.475 bits per heavy atom. The highest BCUT2D eigenvalue weighted by molar-refractivity contribution is 5.96. The van der Waals surface area contributed by atoms with Crippen LogP contribution in [0.5, 0.6) is 0 Å². The van der Waals surface area contributed by atoms with Crippen LogP contribution in [0.1, 0.15) is 50.1 Å². The van der Waals surface area contributed by atoms with Crippen molar-refractivity contribution in [1.29, 1.82) is 5.26 Å². The molecule has 0 atom stereocenters. The maximum atomic E-state index is 10.3. The molecule has 2 aliphatic carbocycles. The highest BCUT2D eigenvalue weighted by Gasteiger charge is 2.53. The third kappa shape index (κ3) is 5.61. The van der Waals surface area contributed by atoms with Crippen LogP contribution in [-0.4, -0.2) is 9.97 Å². The molecule has 8 aromatic rings. The van der Waals surface area contributed by atoms with Crippen molar-refractivity contribution in [3.63, 3.8) is 0 Å². The van der Waals surface area contributed by atoms with Gasteiger partial charge in [-0.2, -0.15) is 5.26 Å². The molecule has 6 aromatic carbocycles. The smallest absolute Gasteiger partial charge is 0.205 e. The lowest BCUT2D eigenvalue weighted by Gasteiger charge is -2.33. The topological polar surface area (TPSA) is 60.4 Å². The molecule has 0 aliphatic heterocycles. The second-order valence-electron chi connectivity index (χ2n) is 15.7. The number of fused-ring (bicyclic) bond motifs is 10. The maximum absolute atomic E-state index is 10.3. The zero-order chi connectivity index (χ0) is 40.4. The van der Waals surface area contributed by atoms with Gasteiger partial charge in [-0.1, -0.05) is 82.9 Å². The number of nitriles is 1. The van der Waals surface area contributed by atoms with E-state index in [-0.39, 0.29) is 0 Å².